The van der Waals surface area contributed by atoms with Crippen LogP contribution in [0.5, 0.6) is 0 Å². The smallest absolute Gasteiger partial charge is 0.339 e. The molecule has 0 bridgehead atoms. The minimum Gasteiger partial charge on any atom is -0.478 e. The second-order valence-electron chi connectivity index (χ2n) is 7.12. The van der Waals surface area contributed by atoms with E-state index in [4.69, 9.17) is 0 Å². The Morgan fingerprint density at radius 1 is 1.15 bits per heavy atom. The highest BCUT2D eigenvalue weighted by Gasteiger charge is 2.21. The van der Waals surface area contributed by atoms with Crippen LogP contribution in [-0.4, -0.2) is 17.0 Å². The predicted octanol–water partition coefficient (Wildman–Crippen LogP) is 5.72. The van der Waals surface area contributed by atoms with Crippen molar-refractivity contribution in [1.29, 1.82) is 0 Å². The van der Waals surface area contributed by atoms with Crippen LogP contribution in [0.4, 0.5) is 5.00 Å². The van der Waals surface area contributed by atoms with Crippen LogP contribution in [0.3, 0.4) is 0 Å². The minimum absolute atomic E-state index is 0.0876. The van der Waals surface area contributed by atoms with E-state index in [1.807, 2.05) is 36.6 Å². The quantitative estimate of drug-likeness (QED) is 0.682. The number of aromatic carboxylic acids is 1. The van der Waals surface area contributed by atoms with E-state index < -0.39 is 5.97 Å². The molecule has 1 aromatic heterocycles. The second kappa shape index (κ2) is 8.49. The SMILES string of the molecule is Cc1ccc(-c2csc(NC(=O)CCC3CCCCC3)c2C(=O)O)cc1. The number of nitrogens with one attached hydrogen (secondary N) is 1. The molecule has 1 heterocycles. The summed E-state index contributed by atoms with van der Waals surface area (Å²) < 4.78 is 0. The molecule has 1 fully saturated rings. The fourth-order valence-corrected chi connectivity index (χ4v) is 4.59. The van der Waals surface area contributed by atoms with Gasteiger partial charge in [0.1, 0.15) is 10.6 Å². The van der Waals surface area contributed by atoms with Gasteiger partial charge in [-0.15, -0.1) is 11.3 Å². The highest BCUT2D eigenvalue weighted by molar-refractivity contribution is 7.15. The molecule has 0 saturated heterocycles. The summed E-state index contributed by atoms with van der Waals surface area (Å²) in [5.74, 6) is -0.459. The summed E-state index contributed by atoms with van der Waals surface area (Å²) in [7, 11) is 0. The Bertz CT molecular complexity index is 773. The number of amides is 1. The highest BCUT2D eigenvalue weighted by Crippen LogP contribution is 2.36. The second-order valence-corrected chi connectivity index (χ2v) is 8.00. The van der Waals surface area contributed by atoms with Gasteiger partial charge in [0.2, 0.25) is 5.91 Å². The van der Waals surface area contributed by atoms with Crippen LogP contribution in [0.2, 0.25) is 0 Å². The van der Waals surface area contributed by atoms with E-state index in [1.54, 1.807) is 0 Å². The van der Waals surface area contributed by atoms with Gasteiger partial charge in [-0.25, -0.2) is 4.79 Å². The number of carboxylic acids is 1. The minimum atomic E-state index is -1.01. The largest absolute Gasteiger partial charge is 0.478 e. The first-order valence-corrected chi connectivity index (χ1v) is 10.1. The third-order valence-electron chi connectivity index (χ3n) is 5.12. The van der Waals surface area contributed by atoms with Crippen LogP contribution in [0.1, 0.15) is 60.9 Å². The zero-order valence-corrected chi connectivity index (χ0v) is 15.9. The Morgan fingerprint density at radius 3 is 2.50 bits per heavy atom. The Labute approximate surface area is 158 Å². The van der Waals surface area contributed by atoms with Gasteiger partial charge >= 0.3 is 5.97 Å². The molecule has 1 aliphatic carbocycles. The van der Waals surface area contributed by atoms with Crippen molar-refractivity contribution in [2.24, 2.45) is 5.92 Å². The average molecular weight is 372 g/mol. The van der Waals surface area contributed by atoms with Gasteiger partial charge in [0.25, 0.3) is 0 Å². The molecule has 0 unspecified atom stereocenters. The number of carbonyl (C=O) groups excluding carboxylic acids is 1. The monoisotopic (exact) mass is 371 g/mol. The highest BCUT2D eigenvalue weighted by atomic mass is 32.1. The summed E-state index contributed by atoms with van der Waals surface area (Å²) in [5.41, 5.74) is 2.82. The number of carbonyl (C=O) groups is 2. The molecule has 0 radical (unpaired) electrons. The summed E-state index contributed by atoms with van der Waals surface area (Å²) >= 11 is 1.28. The van der Waals surface area contributed by atoms with Gasteiger partial charge in [-0.2, -0.15) is 0 Å². The lowest BCUT2D eigenvalue weighted by molar-refractivity contribution is -0.116. The molecule has 0 aliphatic heterocycles. The van der Waals surface area contributed by atoms with Gasteiger partial charge in [0.05, 0.1) is 0 Å². The molecule has 2 N–H and O–H groups in total. The Morgan fingerprint density at radius 2 is 1.85 bits per heavy atom. The van der Waals surface area contributed by atoms with Gasteiger partial charge in [0, 0.05) is 17.4 Å². The van der Waals surface area contributed by atoms with E-state index in [1.165, 1.54) is 43.4 Å². The summed E-state index contributed by atoms with van der Waals surface area (Å²) in [6.07, 6.45) is 7.61. The lowest BCUT2D eigenvalue weighted by atomic mass is 9.86. The Kier molecular flexibility index (Phi) is 6.09. The maximum absolute atomic E-state index is 12.3. The van der Waals surface area contributed by atoms with Gasteiger partial charge in [0.15, 0.2) is 0 Å². The summed E-state index contributed by atoms with van der Waals surface area (Å²) in [5, 5.41) is 14.7. The number of benzene rings is 1. The van der Waals surface area contributed by atoms with Crippen molar-refractivity contribution in [3.8, 4) is 11.1 Å². The van der Waals surface area contributed by atoms with Crippen LogP contribution in [-0.2, 0) is 4.79 Å². The third kappa shape index (κ3) is 4.52. The normalized spacial score (nSPS) is 15.0. The third-order valence-corrected chi connectivity index (χ3v) is 6.02. The molecule has 1 saturated carbocycles. The van der Waals surface area contributed by atoms with E-state index in [-0.39, 0.29) is 11.5 Å². The van der Waals surface area contributed by atoms with Crippen LogP contribution >= 0.6 is 11.3 Å². The molecule has 138 valence electrons. The molecule has 4 nitrogen and oxygen atoms in total. The number of anilines is 1. The Balaban J connectivity index is 1.70. The molecular formula is C21H25NO3S. The van der Waals surface area contributed by atoms with Gasteiger partial charge in [-0.1, -0.05) is 61.9 Å². The van der Waals surface area contributed by atoms with E-state index in [9.17, 15) is 14.7 Å². The summed E-state index contributed by atoms with van der Waals surface area (Å²) in [6.45, 7) is 1.99. The zero-order valence-electron chi connectivity index (χ0n) is 15.1. The van der Waals surface area contributed by atoms with Crippen molar-refractivity contribution in [1.82, 2.24) is 0 Å². The predicted molar refractivity (Wildman–Crippen MR) is 106 cm³/mol. The Hall–Kier alpha value is -2.14. The van der Waals surface area contributed by atoms with Gasteiger partial charge in [-0.3, -0.25) is 4.79 Å². The number of rotatable bonds is 6. The van der Waals surface area contributed by atoms with Crippen molar-refractivity contribution in [2.45, 2.75) is 51.9 Å². The fraction of sp³-hybridized carbons (Fsp3) is 0.429. The average Bonchev–Trinajstić information content (AvgIpc) is 3.05. The van der Waals surface area contributed by atoms with Crippen molar-refractivity contribution >= 4 is 28.2 Å². The lowest BCUT2D eigenvalue weighted by Gasteiger charge is -2.20. The molecular weight excluding hydrogens is 346 g/mol. The van der Waals surface area contributed by atoms with Crippen LogP contribution in [0.15, 0.2) is 29.6 Å². The maximum atomic E-state index is 12.3. The number of aryl methyl sites for hydroxylation is 1. The first kappa shape index (κ1) is 18.6. The van der Waals surface area contributed by atoms with E-state index in [0.29, 0.717) is 22.9 Å². The van der Waals surface area contributed by atoms with Crippen LogP contribution in [0, 0.1) is 12.8 Å². The standard InChI is InChI=1S/C21H25NO3S/c1-14-7-10-16(11-8-14)17-13-26-20(19(17)21(24)25)22-18(23)12-9-15-5-3-2-4-6-15/h7-8,10-11,13,15H,2-6,9,12H2,1H3,(H,22,23)(H,24,25). The number of hydrogen-bond acceptors (Lipinski definition) is 3. The van der Waals surface area contributed by atoms with E-state index in [2.05, 4.69) is 5.32 Å². The maximum Gasteiger partial charge on any atom is 0.339 e. The molecule has 5 heteroatoms. The number of thiophene rings is 1. The van der Waals surface area contributed by atoms with E-state index >= 15 is 0 Å². The first-order chi connectivity index (χ1) is 12.5. The van der Waals surface area contributed by atoms with Crippen molar-refractivity contribution in [3.05, 3.63) is 40.8 Å². The molecule has 0 spiro atoms. The molecule has 26 heavy (non-hydrogen) atoms. The molecule has 1 amide bonds. The van der Waals surface area contributed by atoms with Crippen molar-refractivity contribution < 1.29 is 14.7 Å². The summed E-state index contributed by atoms with van der Waals surface area (Å²) in [4.78, 5) is 24.1. The van der Waals surface area contributed by atoms with Gasteiger partial charge < -0.3 is 10.4 Å². The topological polar surface area (TPSA) is 66.4 Å². The molecule has 0 atom stereocenters. The first-order valence-electron chi connectivity index (χ1n) is 9.26. The molecule has 1 aliphatic rings. The molecule has 3 rings (SSSR count). The zero-order chi connectivity index (χ0) is 18.5. The summed E-state index contributed by atoms with van der Waals surface area (Å²) in [6, 6.07) is 7.75. The fourth-order valence-electron chi connectivity index (χ4n) is 3.61. The number of hydrogen-bond donors (Lipinski definition) is 2. The number of carboxylic acid groups (broad SMARTS) is 1. The molecule has 2 aromatic rings. The van der Waals surface area contributed by atoms with Gasteiger partial charge in [-0.05, 0) is 24.8 Å². The van der Waals surface area contributed by atoms with Crippen molar-refractivity contribution in [2.75, 3.05) is 5.32 Å². The van der Waals surface area contributed by atoms with Crippen LogP contribution in [0.25, 0.3) is 11.1 Å². The lowest BCUT2D eigenvalue weighted by Crippen LogP contribution is -2.15. The van der Waals surface area contributed by atoms with E-state index in [0.717, 1.165) is 17.5 Å². The van der Waals surface area contributed by atoms with Crippen LogP contribution < -0.4 is 5.32 Å². The van der Waals surface area contributed by atoms with Crippen molar-refractivity contribution in [3.63, 3.8) is 0 Å². The molecule has 1 aromatic carbocycles.